The number of hydrogen-bond acceptors (Lipinski definition) is 3. The molecule has 2 N–H and O–H groups in total. The van der Waals surface area contributed by atoms with E-state index in [0.29, 0.717) is 11.3 Å². The van der Waals surface area contributed by atoms with Crippen molar-refractivity contribution >= 4 is 17.7 Å². The number of hydrogen-bond donors (Lipinski definition) is 1. The predicted octanol–water partition coefficient (Wildman–Crippen LogP) is 2.82. The normalized spacial score (nSPS) is 23.6. The summed E-state index contributed by atoms with van der Waals surface area (Å²) in [7, 11) is 1.90. The summed E-state index contributed by atoms with van der Waals surface area (Å²) in [6, 6.07) is 9.42. The molecule has 0 radical (unpaired) electrons. The van der Waals surface area contributed by atoms with Gasteiger partial charge in [0.25, 0.3) is 0 Å². The van der Waals surface area contributed by atoms with Crippen LogP contribution in [-0.2, 0) is 4.79 Å². The van der Waals surface area contributed by atoms with E-state index in [4.69, 9.17) is 5.73 Å². The first kappa shape index (κ1) is 15.4. The fourth-order valence-electron chi connectivity index (χ4n) is 2.86. The molecule has 1 aromatic rings. The first-order valence-electron chi connectivity index (χ1n) is 7.32. The summed E-state index contributed by atoms with van der Waals surface area (Å²) in [5.41, 5.74) is 6.99. The van der Waals surface area contributed by atoms with E-state index < -0.39 is 6.04 Å². The second-order valence-electron chi connectivity index (χ2n) is 5.38. The van der Waals surface area contributed by atoms with Gasteiger partial charge < -0.3 is 10.6 Å². The number of carbonyl (C=O) groups excluding carboxylic acids is 1. The maximum atomic E-state index is 12.5. The van der Waals surface area contributed by atoms with E-state index in [1.807, 2.05) is 54.0 Å². The van der Waals surface area contributed by atoms with Crippen LogP contribution in [0.3, 0.4) is 0 Å². The molecule has 1 saturated carbocycles. The van der Waals surface area contributed by atoms with Crippen LogP contribution in [0, 0.1) is 0 Å². The second kappa shape index (κ2) is 7.14. The van der Waals surface area contributed by atoms with Crippen LogP contribution in [0.5, 0.6) is 0 Å². The number of nitrogens with zero attached hydrogens (tertiary/aromatic N) is 1. The number of benzene rings is 1. The molecule has 0 spiro atoms. The van der Waals surface area contributed by atoms with Gasteiger partial charge in [0.15, 0.2) is 0 Å². The minimum Gasteiger partial charge on any atom is -0.341 e. The maximum Gasteiger partial charge on any atom is 0.244 e. The molecule has 1 aromatic carbocycles. The summed E-state index contributed by atoms with van der Waals surface area (Å²) in [6.07, 6.45) is 3.41. The predicted molar refractivity (Wildman–Crippen MR) is 85.7 cm³/mol. The van der Waals surface area contributed by atoms with Gasteiger partial charge in [0, 0.05) is 18.3 Å². The smallest absolute Gasteiger partial charge is 0.244 e. The van der Waals surface area contributed by atoms with Crippen molar-refractivity contribution in [2.45, 2.75) is 43.5 Å². The van der Waals surface area contributed by atoms with Gasteiger partial charge in [-0.25, -0.2) is 0 Å². The molecule has 0 heterocycles. The van der Waals surface area contributed by atoms with Crippen LogP contribution in [0.4, 0.5) is 0 Å². The molecule has 2 rings (SSSR count). The Morgan fingerprint density at radius 3 is 2.75 bits per heavy atom. The Kier molecular flexibility index (Phi) is 5.49. The highest BCUT2D eigenvalue weighted by molar-refractivity contribution is 7.99. The second-order valence-corrected chi connectivity index (χ2v) is 6.96. The van der Waals surface area contributed by atoms with Gasteiger partial charge in [-0.3, -0.25) is 4.79 Å². The Balaban J connectivity index is 1.95. The standard InChI is InChI=1S/C16H24N2OS/c1-3-20-14-10-9-13(11-14)18(2)16(19)15(17)12-7-5-4-6-8-12/h4-8,13-15H,3,9-11,17H2,1-2H3/t13-,14-,15-/m1/s1. The third-order valence-electron chi connectivity index (χ3n) is 4.08. The average molecular weight is 292 g/mol. The summed E-state index contributed by atoms with van der Waals surface area (Å²) in [4.78, 5) is 14.4. The molecular formula is C16H24N2OS. The van der Waals surface area contributed by atoms with Crippen LogP contribution in [0.25, 0.3) is 0 Å². The maximum absolute atomic E-state index is 12.5. The van der Waals surface area contributed by atoms with Gasteiger partial charge in [0.05, 0.1) is 0 Å². The van der Waals surface area contributed by atoms with Crippen LogP contribution in [0.2, 0.25) is 0 Å². The quantitative estimate of drug-likeness (QED) is 0.907. The first-order chi connectivity index (χ1) is 9.63. The SMILES string of the molecule is CCS[C@@H]1CC[C@@H](N(C)C(=O)[C@H](N)c2ccccc2)C1. The molecule has 0 aliphatic heterocycles. The number of amides is 1. The average Bonchev–Trinajstić information content (AvgIpc) is 2.95. The Bertz CT molecular complexity index is 437. The Morgan fingerprint density at radius 1 is 1.40 bits per heavy atom. The van der Waals surface area contributed by atoms with Gasteiger partial charge in [-0.2, -0.15) is 11.8 Å². The van der Waals surface area contributed by atoms with Gasteiger partial charge in [-0.05, 0) is 30.6 Å². The highest BCUT2D eigenvalue weighted by Gasteiger charge is 2.31. The minimum atomic E-state index is -0.543. The number of likely N-dealkylation sites (N-methyl/N-ethyl adjacent to an activating group) is 1. The Labute approximate surface area is 125 Å². The van der Waals surface area contributed by atoms with Crippen LogP contribution >= 0.6 is 11.8 Å². The van der Waals surface area contributed by atoms with Crippen LogP contribution in [-0.4, -0.2) is 34.9 Å². The lowest BCUT2D eigenvalue weighted by Crippen LogP contribution is -2.41. The Morgan fingerprint density at radius 2 is 2.10 bits per heavy atom. The van der Waals surface area contributed by atoms with Gasteiger partial charge in [-0.15, -0.1) is 0 Å². The van der Waals surface area contributed by atoms with Gasteiger partial charge >= 0.3 is 0 Å². The molecule has 3 atom stereocenters. The summed E-state index contributed by atoms with van der Waals surface area (Å²) in [6.45, 7) is 2.19. The summed E-state index contributed by atoms with van der Waals surface area (Å²) in [5, 5.41) is 0.702. The van der Waals surface area contributed by atoms with Crippen molar-refractivity contribution < 1.29 is 4.79 Å². The highest BCUT2D eigenvalue weighted by Crippen LogP contribution is 2.32. The van der Waals surface area contributed by atoms with E-state index in [1.165, 1.54) is 6.42 Å². The zero-order chi connectivity index (χ0) is 14.5. The third-order valence-corrected chi connectivity index (χ3v) is 5.31. The molecule has 0 saturated heterocycles. The number of carbonyl (C=O) groups is 1. The van der Waals surface area contributed by atoms with E-state index >= 15 is 0 Å². The van der Waals surface area contributed by atoms with E-state index in [-0.39, 0.29) is 5.91 Å². The molecule has 1 aliphatic carbocycles. The van der Waals surface area contributed by atoms with Crippen molar-refractivity contribution in [1.29, 1.82) is 0 Å². The molecule has 110 valence electrons. The molecule has 1 aliphatic rings. The first-order valence-corrected chi connectivity index (χ1v) is 8.37. The van der Waals surface area contributed by atoms with Gasteiger partial charge in [-0.1, -0.05) is 37.3 Å². The number of nitrogens with two attached hydrogens (primary N) is 1. The lowest BCUT2D eigenvalue weighted by Gasteiger charge is -2.27. The molecule has 3 nitrogen and oxygen atoms in total. The minimum absolute atomic E-state index is 0.0309. The lowest BCUT2D eigenvalue weighted by atomic mass is 10.1. The molecule has 20 heavy (non-hydrogen) atoms. The zero-order valence-corrected chi connectivity index (χ0v) is 13.1. The largest absolute Gasteiger partial charge is 0.341 e. The van der Waals surface area contributed by atoms with Crippen molar-refractivity contribution in [1.82, 2.24) is 4.90 Å². The molecule has 0 bridgehead atoms. The summed E-state index contributed by atoms with van der Waals surface area (Å²) >= 11 is 2.01. The van der Waals surface area contributed by atoms with Crippen molar-refractivity contribution in [3.05, 3.63) is 35.9 Å². The molecule has 0 unspecified atom stereocenters. The summed E-state index contributed by atoms with van der Waals surface area (Å²) in [5.74, 6) is 1.18. The van der Waals surface area contributed by atoms with Crippen molar-refractivity contribution in [2.24, 2.45) is 5.73 Å². The fraction of sp³-hybridized carbons (Fsp3) is 0.562. The zero-order valence-electron chi connectivity index (χ0n) is 12.3. The third kappa shape index (κ3) is 3.55. The highest BCUT2D eigenvalue weighted by atomic mass is 32.2. The van der Waals surface area contributed by atoms with Crippen molar-refractivity contribution in [3.8, 4) is 0 Å². The fourth-order valence-corrected chi connectivity index (χ4v) is 3.99. The van der Waals surface area contributed by atoms with E-state index in [2.05, 4.69) is 6.92 Å². The van der Waals surface area contributed by atoms with E-state index in [0.717, 1.165) is 24.2 Å². The monoisotopic (exact) mass is 292 g/mol. The van der Waals surface area contributed by atoms with E-state index in [9.17, 15) is 4.79 Å². The van der Waals surface area contributed by atoms with Crippen molar-refractivity contribution in [3.63, 3.8) is 0 Å². The summed E-state index contributed by atoms with van der Waals surface area (Å²) < 4.78 is 0. The van der Waals surface area contributed by atoms with Crippen LogP contribution in [0.15, 0.2) is 30.3 Å². The number of rotatable bonds is 5. The van der Waals surface area contributed by atoms with Gasteiger partial charge in [0.1, 0.15) is 6.04 Å². The molecule has 1 fully saturated rings. The van der Waals surface area contributed by atoms with Crippen LogP contribution < -0.4 is 5.73 Å². The lowest BCUT2D eigenvalue weighted by molar-refractivity contribution is -0.133. The van der Waals surface area contributed by atoms with Crippen LogP contribution in [0.1, 0.15) is 37.8 Å². The van der Waals surface area contributed by atoms with E-state index in [1.54, 1.807) is 0 Å². The molecule has 4 heteroatoms. The Hall–Kier alpha value is -1.00. The van der Waals surface area contributed by atoms with Crippen molar-refractivity contribution in [2.75, 3.05) is 12.8 Å². The molecule has 1 amide bonds. The topological polar surface area (TPSA) is 46.3 Å². The molecule has 0 aromatic heterocycles. The molecular weight excluding hydrogens is 268 g/mol. The number of thioether (sulfide) groups is 1. The van der Waals surface area contributed by atoms with Gasteiger partial charge in [0.2, 0.25) is 5.91 Å².